The number of phosphoric acid groups is 1. The molecule has 0 unspecified atom stereocenters. The van der Waals surface area contributed by atoms with Crippen LogP contribution in [-0.4, -0.2) is 28.4 Å². The van der Waals surface area contributed by atoms with Crippen LogP contribution in [0.4, 0.5) is 0 Å². The molecule has 1 rings (SSSR count). The van der Waals surface area contributed by atoms with Crippen molar-refractivity contribution in [3.8, 4) is 0 Å². The first-order chi connectivity index (χ1) is 9.84. The fourth-order valence-corrected chi connectivity index (χ4v) is 4.17. The van der Waals surface area contributed by atoms with E-state index in [9.17, 15) is 9.13 Å². The van der Waals surface area contributed by atoms with Crippen LogP contribution in [0.2, 0.25) is 5.02 Å². The topological polar surface area (TPSA) is 80.3 Å². The highest BCUT2D eigenvalue weighted by Crippen LogP contribution is 2.66. The lowest BCUT2D eigenvalue weighted by Crippen LogP contribution is -2.08. The molecular weight excluding hydrogens is 342 g/mol. The molecule has 1 aromatic rings. The summed E-state index contributed by atoms with van der Waals surface area (Å²) in [5, 5.41) is 0.476. The van der Waals surface area contributed by atoms with Gasteiger partial charge in [0.05, 0.1) is 0 Å². The standard InChI is InChI=1S/C11H17ClO7P2/c1-15-20(13,16-2)11(19-21(14,17-3)18-4)9-5-7-10(12)8-6-9/h5-8,11H,1-4H3/t11-/m1/s1. The summed E-state index contributed by atoms with van der Waals surface area (Å²) >= 11 is 5.81. The Bertz CT molecular complexity index is 532. The summed E-state index contributed by atoms with van der Waals surface area (Å²) in [5.74, 6) is -1.30. The van der Waals surface area contributed by atoms with Crippen LogP contribution in [0.25, 0.3) is 0 Å². The van der Waals surface area contributed by atoms with Crippen LogP contribution >= 0.6 is 27.0 Å². The maximum absolute atomic E-state index is 12.6. The summed E-state index contributed by atoms with van der Waals surface area (Å²) in [6.07, 6.45) is 0. The Morgan fingerprint density at radius 3 is 1.76 bits per heavy atom. The minimum atomic E-state index is -3.90. The van der Waals surface area contributed by atoms with E-state index < -0.39 is 21.3 Å². The van der Waals surface area contributed by atoms with E-state index in [1.165, 1.54) is 14.2 Å². The molecule has 0 heterocycles. The van der Waals surface area contributed by atoms with Crippen molar-refractivity contribution in [1.29, 1.82) is 0 Å². The van der Waals surface area contributed by atoms with Crippen molar-refractivity contribution in [2.75, 3.05) is 28.4 Å². The van der Waals surface area contributed by atoms with Gasteiger partial charge in [-0.2, -0.15) is 0 Å². The third-order valence-electron chi connectivity index (χ3n) is 2.63. The van der Waals surface area contributed by atoms with Gasteiger partial charge in [-0.15, -0.1) is 0 Å². The largest absolute Gasteiger partial charge is 0.475 e. The van der Waals surface area contributed by atoms with E-state index in [1.54, 1.807) is 24.3 Å². The third kappa shape index (κ3) is 4.62. The molecule has 1 atom stereocenters. The molecule has 120 valence electrons. The van der Waals surface area contributed by atoms with E-state index in [0.717, 1.165) is 14.2 Å². The average molecular weight is 359 g/mol. The lowest BCUT2D eigenvalue weighted by atomic mass is 10.2. The Morgan fingerprint density at radius 1 is 0.905 bits per heavy atom. The van der Waals surface area contributed by atoms with Gasteiger partial charge in [0.2, 0.25) is 0 Å². The van der Waals surface area contributed by atoms with Gasteiger partial charge in [-0.05, 0) is 17.7 Å². The molecule has 1 aromatic carbocycles. The Labute approximate surface area is 128 Å². The Balaban J connectivity index is 3.27. The van der Waals surface area contributed by atoms with Gasteiger partial charge >= 0.3 is 15.4 Å². The number of benzene rings is 1. The molecule has 0 saturated heterocycles. The van der Waals surface area contributed by atoms with E-state index in [-0.39, 0.29) is 0 Å². The van der Waals surface area contributed by atoms with Crippen molar-refractivity contribution in [2.45, 2.75) is 5.85 Å². The van der Waals surface area contributed by atoms with Crippen LogP contribution in [0.1, 0.15) is 11.4 Å². The molecule has 0 amide bonds. The van der Waals surface area contributed by atoms with Crippen molar-refractivity contribution in [2.24, 2.45) is 0 Å². The fraction of sp³-hybridized carbons (Fsp3) is 0.455. The monoisotopic (exact) mass is 358 g/mol. The first kappa shape index (κ1) is 18.8. The summed E-state index contributed by atoms with van der Waals surface area (Å²) in [6, 6.07) is 6.22. The lowest BCUT2D eigenvalue weighted by Gasteiger charge is -2.26. The molecule has 0 aliphatic rings. The first-order valence-corrected chi connectivity index (χ1v) is 9.15. The molecule has 10 heteroatoms. The van der Waals surface area contributed by atoms with E-state index in [1.807, 2.05) is 0 Å². The first-order valence-electron chi connectivity index (χ1n) is 5.70. The molecule has 0 aromatic heterocycles. The van der Waals surface area contributed by atoms with Crippen LogP contribution in [0.15, 0.2) is 24.3 Å². The third-order valence-corrected chi connectivity index (χ3v) is 6.41. The van der Waals surface area contributed by atoms with Gasteiger partial charge in [0.1, 0.15) is 0 Å². The predicted molar refractivity (Wildman–Crippen MR) is 78.5 cm³/mol. The number of hydrogen-bond donors (Lipinski definition) is 0. The van der Waals surface area contributed by atoms with Crippen molar-refractivity contribution in [1.82, 2.24) is 0 Å². The molecule has 0 aliphatic carbocycles. The summed E-state index contributed by atoms with van der Waals surface area (Å²) in [7, 11) is -2.97. The quantitative estimate of drug-likeness (QED) is 0.643. The van der Waals surface area contributed by atoms with Gasteiger partial charge < -0.3 is 9.05 Å². The molecule has 0 saturated carbocycles. The summed E-state index contributed by atoms with van der Waals surface area (Å²) in [5.41, 5.74) is 0.390. The van der Waals surface area contributed by atoms with Gasteiger partial charge in [0.15, 0.2) is 5.85 Å². The van der Waals surface area contributed by atoms with Crippen LogP contribution in [0.3, 0.4) is 0 Å². The highest BCUT2D eigenvalue weighted by Gasteiger charge is 2.42. The minimum Gasteiger partial charge on any atom is -0.310 e. The van der Waals surface area contributed by atoms with Crippen LogP contribution in [-0.2, 0) is 31.7 Å². The zero-order valence-corrected chi connectivity index (χ0v) is 14.6. The van der Waals surface area contributed by atoms with E-state index >= 15 is 0 Å². The van der Waals surface area contributed by atoms with Gasteiger partial charge in [-0.1, -0.05) is 23.7 Å². The Kier molecular flexibility index (Phi) is 7.04. The van der Waals surface area contributed by atoms with E-state index in [4.69, 9.17) is 34.2 Å². The molecule has 21 heavy (non-hydrogen) atoms. The number of phosphoric ester groups is 1. The van der Waals surface area contributed by atoms with Gasteiger partial charge in [0.25, 0.3) is 0 Å². The second-order valence-corrected chi connectivity index (χ2v) is 8.28. The van der Waals surface area contributed by atoms with E-state index in [2.05, 4.69) is 0 Å². The molecule has 0 bridgehead atoms. The van der Waals surface area contributed by atoms with Crippen molar-refractivity contribution < 1.29 is 31.7 Å². The minimum absolute atomic E-state index is 0.390. The second kappa shape index (κ2) is 7.86. The van der Waals surface area contributed by atoms with Crippen molar-refractivity contribution in [3.63, 3.8) is 0 Å². The highest BCUT2D eigenvalue weighted by atomic mass is 35.5. The van der Waals surface area contributed by atoms with Crippen molar-refractivity contribution in [3.05, 3.63) is 34.9 Å². The SMILES string of the molecule is COP(=O)(OC)O[C@@H](c1ccc(Cl)cc1)P(=O)(OC)OC. The smallest absolute Gasteiger partial charge is 0.310 e. The molecule has 0 radical (unpaired) electrons. The second-order valence-electron chi connectivity index (χ2n) is 3.73. The van der Waals surface area contributed by atoms with Gasteiger partial charge in [0, 0.05) is 33.5 Å². The highest BCUT2D eigenvalue weighted by molar-refractivity contribution is 7.55. The van der Waals surface area contributed by atoms with Gasteiger partial charge in [-0.3, -0.25) is 18.1 Å². The number of rotatable bonds is 8. The summed E-state index contributed by atoms with van der Waals surface area (Å²) in [6.45, 7) is 0. The van der Waals surface area contributed by atoms with E-state index in [0.29, 0.717) is 10.6 Å². The molecule has 0 N–H and O–H groups in total. The Morgan fingerprint density at radius 2 is 1.38 bits per heavy atom. The number of hydrogen-bond acceptors (Lipinski definition) is 7. The molecule has 0 aliphatic heterocycles. The van der Waals surface area contributed by atoms with Crippen molar-refractivity contribution >= 4 is 27.0 Å². The fourth-order valence-electron chi connectivity index (χ4n) is 1.48. The maximum atomic E-state index is 12.6. The van der Waals surface area contributed by atoms with Crippen LogP contribution < -0.4 is 0 Å². The Hall–Kier alpha value is -0.230. The zero-order chi connectivity index (χ0) is 16.1. The molecule has 0 fully saturated rings. The predicted octanol–water partition coefficient (Wildman–Crippen LogP) is 4.24. The molecule has 7 nitrogen and oxygen atoms in total. The lowest BCUT2D eigenvalue weighted by molar-refractivity contribution is 0.116. The van der Waals surface area contributed by atoms with Crippen LogP contribution in [0.5, 0.6) is 0 Å². The van der Waals surface area contributed by atoms with Gasteiger partial charge in [-0.25, -0.2) is 4.57 Å². The molecule has 0 spiro atoms. The normalized spacial score (nSPS) is 14.1. The zero-order valence-electron chi connectivity index (χ0n) is 12.0. The number of halogens is 1. The maximum Gasteiger partial charge on any atom is 0.475 e. The van der Waals surface area contributed by atoms with Crippen LogP contribution in [0, 0.1) is 0 Å². The summed E-state index contributed by atoms with van der Waals surface area (Å²) < 4.78 is 49.3. The summed E-state index contributed by atoms with van der Waals surface area (Å²) in [4.78, 5) is 0. The molecular formula is C11H17ClO7P2. The average Bonchev–Trinajstić information content (AvgIpc) is 2.52.